The van der Waals surface area contributed by atoms with Crippen molar-refractivity contribution < 1.29 is 4.74 Å². The number of hydrogen-bond donors (Lipinski definition) is 0. The van der Waals surface area contributed by atoms with Gasteiger partial charge in [0, 0.05) is 13.0 Å². The lowest BCUT2D eigenvalue weighted by atomic mass is 9.80. The van der Waals surface area contributed by atoms with Crippen molar-refractivity contribution in [1.29, 1.82) is 0 Å². The minimum Gasteiger partial charge on any atom is -0.378 e. The van der Waals surface area contributed by atoms with E-state index in [1.54, 1.807) is 7.11 Å². The van der Waals surface area contributed by atoms with Crippen LogP contribution in [0.1, 0.15) is 19.8 Å². The van der Waals surface area contributed by atoms with Gasteiger partial charge in [0.1, 0.15) is 0 Å². The van der Waals surface area contributed by atoms with E-state index in [9.17, 15) is 0 Å². The highest BCUT2D eigenvalue weighted by molar-refractivity contribution is 5.41. The molecule has 1 nitrogen and oxygen atoms in total. The van der Waals surface area contributed by atoms with Gasteiger partial charge in [-0.25, -0.2) is 0 Å². The predicted molar refractivity (Wildman–Crippen MR) is 49.9 cm³/mol. The Kier molecular flexibility index (Phi) is 1.50. The summed E-state index contributed by atoms with van der Waals surface area (Å²) in [6, 6.07) is 0. The third-order valence-corrected chi connectivity index (χ3v) is 3.70. The third kappa shape index (κ3) is 0.776. The van der Waals surface area contributed by atoms with E-state index >= 15 is 0 Å². The monoisotopic (exact) mass is 164 g/mol. The summed E-state index contributed by atoms with van der Waals surface area (Å²) in [7, 11) is 1.80. The van der Waals surface area contributed by atoms with Gasteiger partial charge in [-0.1, -0.05) is 13.2 Å². The van der Waals surface area contributed by atoms with Crippen molar-refractivity contribution in [3.05, 3.63) is 24.3 Å². The molecule has 3 atom stereocenters. The fourth-order valence-corrected chi connectivity index (χ4v) is 2.74. The Hall–Kier alpha value is -0.560. The maximum atomic E-state index is 5.55. The molecular formula is C11H16O. The van der Waals surface area contributed by atoms with Crippen molar-refractivity contribution in [3.8, 4) is 0 Å². The maximum absolute atomic E-state index is 5.55. The highest BCUT2D eigenvalue weighted by Crippen LogP contribution is 2.56. The SMILES string of the molecule is C=C1C(=C)C2CC1CC2(C)OC. The largest absolute Gasteiger partial charge is 0.378 e. The first-order chi connectivity index (χ1) is 5.58. The molecular weight excluding hydrogens is 148 g/mol. The Morgan fingerprint density at radius 2 is 2.08 bits per heavy atom. The van der Waals surface area contributed by atoms with Gasteiger partial charge in [0.15, 0.2) is 0 Å². The fraction of sp³-hybridized carbons (Fsp3) is 0.636. The standard InChI is InChI=1S/C11H16O/c1-7-8(2)10-5-9(7)6-11(10,3)12-4/h9-10H,1-2,5-6H2,3-4H3. The quantitative estimate of drug-likeness (QED) is 0.578. The summed E-state index contributed by atoms with van der Waals surface area (Å²) in [6.07, 6.45) is 2.34. The molecule has 2 bridgehead atoms. The first kappa shape index (κ1) is 8.06. The molecule has 12 heavy (non-hydrogen) atoms. The van der Waals surface area contributed by atoms with Crippen LogP contribution in [0.5, 0.6) is 0 Å². The maximum Gasteiger partial charge on any atom is 0.0724 e. The zero-order valence-electron chi connectivity index (χ0n) is 7.89. The van der Waals surface area contributed by atoms with Gasteiger partial charge in [0.2, 0.25) is 0 Å². The molecule has 0 radical (unpaired) electrons. The van der Waals surface area contributed by atoms with Gasteiger partial charge in [0.25, 0.3) is 0 Å². The van der Waals surface area contributed by atoms with Crippen LogP contribution in [0.25, 0.3) is 0 Å². The molecule has 0 spiro atoms. The summed E-state index contributed by atoms with van der Waals surface area (Å²) >= 11 is 0. The third-order valence-electron chi connectivity index (χ3n) is 3.70. The number of rotatable bonds is 1. The van der Waals surface area contributed by atoms with E-state index < -0.39 is 0 Å². The lowest BCUT2D eigenvalue weighted by molar-refractivity contribution is -0.0190. The molecule has 0 N–H and O–H groups in total. The fourth-order valence-electron chi connectivity index (χ4n) is 2.74. The molecule has 0 aromatic heterocycles. The van der Waals surface area contributed by atoms with Gasteiger partial charge in [-0.05, 0) is 36.8 Å². The van der Waals surface area contributed by atoms with E-state index in [1.165, 1.54) is 17.6 Å². The molecule has 0 aromatic rings. The zero-order valence-corrected chi connectivity index (χ0v) is 7.89. The van der Waals surface area contributed by atoms with Crippen molar-refractivity contribution in [1.82, 2.24) is 0 Å². The van der Waals surface area contributed by atoms with Crippen molar-refractivity contribution >= 4 is 0 Å². The highest BCUT2D eigenvalue weighted by Gasteiger charge is 2.52. The summed E-state index contributed by atoms with van der Waals surface area (Å²) in [5, 5.41) is 0. The Morgan fingerprint density at radius 3 is 2.50 bits per heavy atom. The van der Waals surface area contributed by atoms with Gasteiger partial charge in [-0.2, -0.15) is 0 Å². The Bertz CT molecular complexity index is 254. The van der Waals surface area contributed by atoms with Crippen molar-refractivity contribution in [2.24, 2.45) is 11.8 Å². The van der Waals surface area contributed by atoms with Crippen LogP contribution in [0.2, 0.25) is 0 Å². The van der Waals surface area contributed by atoms with Gasteiger partial charge < -0.3 is 4.74 Å². The minimum absolute atomic E-state index is 0.0446. The first-order valence-corrected chi connectivity index (χ1v) is 4.51. The van der Waals surface area contributed by atoms with Gasteiger partial charge in [-0.15, -0.1) is 0 Å². The topological polar surface area (TPSA) is 9.23 Å². The van der Waals surface area contributed by atoms with Crippen molar-refractivity contribution in [2.45, 2.75) is 25.4 Å². The Labute approximate surface area is 74.1 Å². The van der Waals surface area contributed by atoms with E-state index in [0.29, 0.717) is 11.8 Å². The second kappa shape index (κ2) is 2.23. The number of allylic oxidation sites excluding steroid dienone is 1. The van der Waals surface area contributed by atoms with E-state index in [1.807, 2.05) is 0 Å². The van der Waals surface area contributed by atoms with Gasteiger partial charge >= 0.3 is 0 Å². The molecule has 3 unspecified atom stereocenters. The van der Waals surface area contributed by atoms with E-state index in [4.69, 9.17) is 4.74 Å². The van der Waals surface area contributed by atoms with Gasteiger partial charge in [-0.3, -0.25) is 0 Å². The molecule has 2 aliphatic rings. The smallest absolute Gasteiger partial charge is 0.0724 e. The average molecular weight is 164 g/mol. The molecule has 0 saturated heterocycles. The molecule has 1 heteroatoms. The second-order valence-electron chi connectivity index (χ2n) is 4.26. The predicted octanol–water partition coefficient (Wildman–Crippen LogP) is 2.54. The van der Waals surface area contributed by atoms with Crippen LogP contribution in [-0.4, -0.2) is 12.7 Å². The normalized spacial score (nSPS) is 45.8. The molecule has 2 aliphatic carbocycles. The lowest BCUT2D eigenvalue weighted by Gasteiger charge is -2.34. The van der Waals surface area contributed by atoms with Gasteiger partial charge in [0.05, 0.1) is 5.60 Å². The number of hydrogen-bond acceptors (Lipinski definition) is 1. The van der Waals surface area contributed by atoms with Crippen LogP contribution in [-0.2, 0) is 4.74 Å². The van der Waals surface area contributed by atoms with Crippen LogP contribution < -0.4 is 0 Å². The Morgan fingerprint density at radius 1 is 1.42 bits per heavy atom. The number of methoxy groups -OCH3 is 1. The van der Waals surface area contributed by atoms with Crippen molar-refractivity contribution in [2.75, 3.05) is 7.11 Å². The Balaban J connectivity index is 2.32. The summed E-state index contributed by atoms with van der Waals surface area (Å²) in [6.45, 7) is 10.3. The lowest BCUT2D eigenvalue weighted by Crippen LogP contribution is -2.35. The highest BCUT2D eigenvalue weighted by atomic mass is 16.5. The van der Waals surface area contributed by atoms with Crippen LogP contribution in [0.15, 0.2) is 24.3 Å². The molecule has 0 amide bonds. The first-order valence-electron chi connectivity index (χ1n) is 4.51. The van der Waals surface area contributed by atoms with Crippen LogP contribution in [0.4, 0.5) is 0 Å². The molecule has 66 valence electrons. The number of fused-ring (bicyclic) bond motifs is 2. The van der Waals surface area contributed by atoms with Crippen LogP contribution in [0, 0.1) is 11.8 Å². The molecule has 0 aromatic carbocycles. The molecule has 0 heterocycles. The molecule has 2 rings (SSSR count). The van der Waals surface area contributed by atoms with E-state index in [2.05, 4.69) is 20.1 Å². The number of ether oxygens (including phenoxy) is 1. The average Bonchev–Trinajstić information content (AvgIpc) is 2.52. The van der Waals surface area contributed by atoms with E-state index in [-0.39, 0.29) is 5.60 Å². The van der Waals surface area contributed by atoms with Crippen LogP contribution in [0.3, 0.4) is 0 Å². The zero-order chi connectivity index (χ0) is 8.93. The van der Waals surface area contributed by atoms with Crippen LogP contribution >= 0.6 is 0 Å². The molecule has 2 fully saturated rings. The molecule has 2 saturated carbocycles. The summed E-state index contributed by atoms with van der Waals surface area (Å²) < 4.78 is 5.55. The van der Waals surface area contributed by atoms with Crippen molar-refractivity contribution in [3.63, 3.8) is 0 Å². The summed E-state index contributed by atoms with van der Waals surface area (Å²) in [4.78, 5) is 0. The second-order valence-corrected chi connectivity index (χ2v) is 4.26. The molecule has 0 aliphatic heterocycles. The summed E-state index contributed by atoms with van der Waals surface area (Å²) in [5.74, 6) is 1.17. The minimum atomic E-state index is 0.0446. The van der Waals surface area contributed by atoms with E-state index in [0.717, 1.165) is 6.42 Å². The summed E-state index contributed by atoms with van der Waals surface area (Å²) in [5.41, 5.74) is 2.55.